The van der Waals surface area contributed by atoms with Crippen LogP contribution in [0.15, 0.2) is 85.0 Å². The van der Waals surface area contributed by atoms with E-state index in [4.69, 9.17) is 0 Å². The van der Waals surface area contributed by atoms with E-state index in [0.717, 1.165) is 11.1 Å². The lowest BCUT2D eigenvalue weighted by Crippen LogP contribution is -2.58. The number of carbonyl (C=O) groups is 3. The van der Waals surface area contributed by atoms with E-state index in [2.05, 4.69) is 6.08 Å². The van der Waals surface area contributed by atoms with Crippen LogP contribution in [0.2, 0.25) is 0 Å². The molecule has 2 aromatic carbocycles. The van der Waals surface area contributed by atoms with Crippen molar-refractivity contribution in [3.63, 3.8) is 0 Å². The zero-order valence-electron chi connectivity index (χ0n) is 23.7. The Morgan fingerprint density at radius 1 is 0.927 bits per heavy atom. The van der Waals surface area contributed by atoms with E-state index in [1.165, 1.54) is 0 Å². The van der Waals surface area contributed by atoms with Crippen LogP contribution < -0.4 is 0 Å². The van der Waals surface area contributed by atoms with Gasteiger partial charge in [0.25, 0.3) is 0 Å². The molecule has 0 radical (unpaired) electrons. The normalized spacial score (nSPS) is 30.1. The Balaban J connectivity index is 1.46. The van der Waals surface area contributed by atoms with Gasteiger partial charge in [-0.1, -0.05) is 85.0 Å². The van der Waals surface area contributed by atoms with Gasteiger partial charge in [-0.15, -0.1) is 11.8 Å². The van der Waals surface area contributed by atoms with Gasteiger partial charge < -0.3 is 19.8 Å². The number of fused-ring (bicyclic) bond motifs is 2. The second-order valence-electron chi connectivity index (χ2n) is 12.4. The van der Waals surface area contributed by atoms with Gasteiger partial charge in [-0.3, -0.25) is 14.4 Å². The summed E-state index contributed by atoms with van der Waals surface area (Å²) < 4.78 is -0.929. The largest absolute Gasteiger partial charge is 0.394 e. The van der Waals surface area contributed by atoms with Crippen molar-refractivity contribution in [2.45, 2.75) is 54.9 Å². The topological polar surface area (TPSA) is 81.2 Å². The number of aliphatic hydroxyl groups is 1. The first kappa shape index (κ1) is 27.8. The van der Waals surface area contributed by atoms with E-state index >= 15 is 0 Å². The van der Waals surface area contributed by atoms with Gasteiger partial charge in [-0.05, 0) is 31.9 Å². The summed E-state index contributed by atoms with van der Waals surface area (Å²) in [5, 5.41) is 10.5. The first-order chi connectivity index (χ1) is 19.7. The molecule has 0 saturated carbocycles. The molecular formula is C33H37N3O4S. The van der Waals surface area contributed by atoms with Crippen LogP contribution in [-0.2, 0) is 20.9 Å². The first-order valence-corrected chi connectivity index (χ1v) is 15.2. The summed E-state index contributed by atoms with van der Waals surface area (Å²) in [5.74, 6) is -1.79. The maximum Gasteiger partial charge on any atom is 0.247 e. The van der Waals surface area contributed by atoms with Gasteiger partial charge in [-0.25, -0.2) is 0 Å². The van der Waals surface area contributed by atoms with Gasteiger partial charge in [0.15, 0.2) is 0 Å². The van der Waals surface area contributed by atoms with Crippen molar-refractivity contribution in [1.29, 1.82) is 0 Å². The fourth-order valence-electron chi connectivity index (χ4n) is 7.04. The fourth-order valence-corrected chi connectivity index (χ4v) is 9.04. The third-order valence-corrected chi connectivity index (χ3v) is 10.6. The highest BCUT2D eigenvalue weighted by Gasteiger charge is 2.72. The summed E-state index contributed by atoms with van der Waals surface area (Å²) in [6.45, 7) is 7.01. The molecule has 0 aliphatic carbocycles. The van der Waals surface area contributed by atoms with Crippen LogP contribution in [0.4, 0.5) is 0 Å². The number of hydrogen-bond donors (Lipinski definition) is 1. The summed E-state index contributed by atoms with van der Waals surface area (Å²) >= 11 is 1.57. The predicted molar refractivity (Wildman–Crippen MR) is 160 cm³/mol. The fraction of sp³-hybridized carbons (Fsp3) is 0.424. The van der Waals surface area contributed by atoms with Crippen molar-refractivity contribution in [1.82, 2.24) is 14.7 Å². The molecule has 0 bridgehead atoms. The molecule has 2 fully saturated rings. The summed E-state index contributed by atoms with van der Waals surface area (Å²) in [7, 11) is 0. The molecule has 1 unspecified atom stereocenters. The number of nitrogens with zero attached hydrogens (tertiary/aromatic N) is 3. The van der Waals surface area contributed by atoms with E-state index in [0.29, 0.717) is 19.6 Å². The zero-order valence-corrected chi connectivity index (χ0v) is 24.5. The van der Waals surface area contributed by atoms with E-state index in [1.54, 1.807) is 16.7 Å². The molecule has 4 heterocycles. The van der Waals surface area contributed by atoms with E-state index in [-0.39, 0.29) is 29.6 Å². The van der Waals surface area contributed by atoms with Crippen molar-refractivity contribution in [3.05, 3.63) is 96.1 Å². The minimum atomic E-state index is -0.929. The number of carbonyl (C=O) groups excluding carboxylic acids is 3. The van der Waals surface area contributed by atoms with Crippen LogP contribution in [0.3, 0.4) is 0 Å². The predicted octanol–water partition coefficient (Wildman–Crippen LogP) is 3.81. The Bertz CT molecular complexity index is 1390. The lowest BCUT2D eigenvalue weighted by Gasteiger charge is -2.42. The van der Waals surface area contributed by atoms with E-state index in [9.17, 15) is 19.5 Å². The van der Waals surface area contributed by atoms with Crippen molar-refractivity contribution in [2.75, 3.05) is 19.7 Å². The van der Waals surface area contributed by atoms with Crippen LogP contribution in [0, 0.1) is 11.8 Å². The third-order valence-electron chi connectivity index (χ3n) is 8.90. The maximum atomic E-state index is 14.7. The number of thioether (sulfide) groups is 1. The Morgan fingerprint density at radius 2 is 1.61 bits per heavy atom. The molecule has 41 heavy (non-hydrogen) atoms. The summed E-state index contributed by atoms with van der Waals surface area (Å²) in [5.41, 5.74) is 1.32. The molecule has 0 aromatic heterocycles. The van der Waals surface area contributed by atoms with Gasteiger partial charge in [0.2, 0.25) is 17.7 Å². The van der Waals surface area contributed by atoms with Crippen LogP contribution in [0.5, 0.6) is 0 Å². The molecule has 1 N–H and O–H groups in total. The van der Waals surface area contributed by atoms with Crippen molar-refractivity contribution in [3.8, 4) is 0 Å². The standard InChI is InChI=1S/C33H37N3O4S/c1-32(2,3)35-19-11-17-33-27(30(39)36(28(33)31(35)40)24(21-37)23-14-8-5-9-15-23)26-25(41-33)16-10-18-34(29(26)38)20-22-12-6-4-7-13-22/h4-17,24-28,37H,18-21H2,1-3H3/t24-,25+,26-,27+,28?,33+/m1/s1. The SMILES string of the molecule is CC(C)(C)N1CC=C[C@]23S[C@H]4C=CCN(Cc5ccccc5)C(=O)[C@H]4[C@H]2C(=O)N([C@H](CO)c2ccccc2)C3C1=O. The van der Waals surface area contributed by atoms with E-state index < -0.39 is 34.2 Å². The van der Waals surface area contributed by atoms with Gasteiger partial charge in [-0.2, -0.15) is 0 Å². The monoisotopic (exact) mass is 571 g/mol. The average molecular weight is 572 g/mol. The highest BCUT2D eigenvalue weighted by Crippen LogP contribution is 2.62. The highest BCUT2D eigenvalue weighted by molar-refractivity contribution is 8.02. The third kappa shape index (κ3) is 4.52. The highest BCUT2D eigenvalue weighted by atomic mass is 32.2. The Labute approximate surface area is 245 Å². The Morgan fingerprint density at radius 3 is 2.27 bits per heavy atom. The number of aliphatic hydroxyl groups excluding tert-OH is 1. The maximum absolute atomic E-state index is 14.7. The molecule has 3 amide bonds. The first-order valence-electron chi connectivity index (χ1n) is 14.3. The minimum Gasteiger partial charge on any atom is -0.394 e. The average Bonchev–Trinajstić information content (AvgIpc) is 3.27. The molecule has 2 aromatic rings. The quantitative estimate of drug-likeness (QED) is 0.552. The van der Waals surface area contributed by atoms with Crippen LogP contribution in [-0.4, -0.2) is 78.8 Å². The van der Waals surface area contributed by atoms with Crippen molar-refractivity contribution >= 4 is 29.5 Å². The molecular weight excluding hydrogens is 534 g/mol. The summed E-state index contributed by atoms with van der Waals surface area (Å²) in [4.78, 5) is 48.9. The number of benzene rings is 2. The van der Waals surface area contributed by atoms with Crippen LogP contribution in [0.25, 0.3) is 0 Å². The zero-order chi connectivity index (χ0) is 28.9. The molecule has 6 atom stereocenters. The number of rotatable bonds is 5. The van der Waals surface area contributed by atoms with E-state index in [1.807, 2.05) is 109 Å². The van der Waals surface area contributed by atoms with Gasteiger partial charge >= 0.3 is 0 Å². The number of hydrogen-bond acceptors (Lipinski definition) is 5. The van der Waals surface area contributed by atoms with Crippen LogP contribution in [0.1, 0.15) is 37.9 Å². The molecule has 2 saturated heterocycles. The van der Waals surface area contributed by atoms with Crippen molar-refractivity contribution < 1.29 is 19.5 Å². The molecule has 214 valence electrons. The smallest absolute Gasteiger partial charge is 0.247 e. The van der Waals surface area contributed by atoms with Gasteiger partial charge in [0.05, 0.1) is 29.2 Å². The Hall–Kier alpha value is -3.36. The lowest BCUT2D eigenvalue weighted by atomic mass is 9.78. The summed E-state index contributed by atoms with van der Waals surface area (Å²) in [6, 6.07) is 17.7. The Kier molecular flexibility index (Phi) is 7.10. The molecule has 7 nitrogen and oxygen atoms in total. The van der Waals surface area contributed by atoms with Crippen LogP contribution >= 0.6 is 11.8 Å². The second-order valence-corrected chi connectivity index (χ2v) is 13.8. The minimum absolute atomic E-state index is 0.0646. The molecule has 4 aliphatic heterocycles. The summed E-state index contributed by atoms with van der Waals surface area (Å²) in [6.07, 6.45) is 8.12. The number of likely N-dealkylation sites (tertiary alicyclic amines) is 1. The number of amides is 3. The molecule has 6 rings (SSSR count). The van der Waals surface area contributed by atoms with Crippen molar-refractivity contribution in [2.24, 2.45) is 11.8 Å². The molecule has 1 spiro atoms. The van der Waals surface area contributed by atoms with Gasteiger partial charge in [0, 0.05) is 30.4 Å². The lowest BCUT2D eigenvalue weighted by molar-refractivity contribution is -0.149. The van der Waals surface area contributed by atoms with Gasteiger partial charge in [0.1, 0.15) is 6.04 Å². The molecule has 8 heteroatoms. The molecule has 4 aliphatic rings. The second kappa shape index (κ2) is 10.5.